The Morgan fingerprint density at radius 2 is 1.95 bits per heavy atom. The van der Waals surface area contributed by atoms with E-state index in [9.17, 15) is 8.42 Å². The molecule has 0 amide bonds. The summed E-state index contributed by atoms with van der Waals surface area (Å²) in [5, 5.41) is 3.13. The van der Waals surface area contributed by atoms with Crippen molar-refractivity contribution in [3.05, 3.63) is 48.4 Å². The van der Waals surface area contributed by atoms with Gasteiger partial charge in [-0.15, -0.1) is 0 Å². The second-order valence-electron chi connectivity index (χ2n) is 4.78. The van der Waals surface area contributed by atoms with Crippen molar-refractivity contribution in [1.29, 1.82) is 0 Å². The van der Waals surface area contributed by atoms with Gasteiger partial charge in [-0.25, -0.2) is 13.1 Å². The minimum Gasteiger partial charge on any atom is -0.468 e. The summed E-state index contributed by atoms with van der Waals surface area (Å²) in [6, 6.07) is 9.93. The van der Waals surface area contributed by atoms with Crippen molar-refractivity contribution in [3.63, 3.8) is 0 Å². The summed E-state index contributed by atoms with van der Waals surface area (Å²) in [7, 11) is -3.62. The van der Waals surface area contributed by atoms with Gasteiger partial charge in [0.05, 0.1) is 18.0 Å². The summed E-state index contributed by atoms with van der Waals surface area (Å²) < 4.78 is 32.9. The molecule has 0 bridgehead atoms. The first-order valence-electron chi connectivity index (χ1n) is 6.93. The number of sulfonamides is 1. The topological polar surface area (TPSA) is 71.3 Å². The largest absolute Gasteiger partial charge is 0.468 e. The van der Waals surface area contributed by atoms with Gasteiger partial charge in [0.15, 0.2) is 0 Å². The number of anilines is 1. The minimum absolute atomic E-state index is 0.247. The number of hydrogen-bond acceptors (Lipinski definition) is 4. The number of benzene rings is 1. The van der Waals surface area contributed by atoms with E-state index in [0.29, 0.717) is 11.4 Å². The monoisotopic (exact) mass is 308 g/mol. The zero-order valence-electron chi connectivity index (χ0n) is 12.2. The van der Waals surface area contributed by atoms with Crippen LogP contribution in [0.5, 0.6) is 0 Å². The van der Waals surface area contributed by atoms with Gasteiger partial charge in [-0.05, 0) is 37.6 Å². The molecular weight excluding hydrogens is 288 g/mol. The molecule has 1 unspecified atom stereocenters. The zero-order chi connectivity index (χ0) is 15.3. The maximum Gasteiger partial charge on any atom is 0.243 e. The lowest BCUT2D eigenvalue weighted by molar-refractivity contribution is 0.459. The van der Waals surface area contributed by atoms with Crippen LogP contribution in [0.15, 0.2) is 52.0 Å². The summed E-state index contributed by atoms with van der Waals surface area (Å²) in [5.41, 5.74) is 0.610. The lowest BCUT2D eigenvalue weighted by Gasteiger charge is -2.15. The molecule has 0 saturated carbocycles. The lowest BCUT2D eigenvalue weighted by atomic mass is 10.3. The normalized spacial score (nSPS) is 13.0. The van der Waals surface area contributed by atoms with Gasteiger partial charge in [-0.2, -0.15) is 0 Å². The van der Waals surface area contributed by atoms with Crippen LogP contribution in [0.1, 0.15) is 32.1 Å². The fourth-order valence-electron chi connectivity index (χ4n) is 2.00. The standard InChI is InChI=1S/C15H20N2O3S/c1-3-10-16-13-7-4-5-9-15(13)21(18,19)17-12(2)14-8-6-11-20-14/h4-9,11-12,16-17H,3,10H2,1-2H3. The van der Waals surface area contributed by atoms with Crippen LogP contribution < -0.4 is 10.0 Å². The van der Waals surface area contributed by atoms with Crippen molar-refractivity contribution in [2.24, 2.45) is 0 Å². The first kappa shape index (κ1) is 15.6. The van der Waals surface area contributed by atoms with E-state index in [0.717, 1.165) is 13.0 Å². The number of furan rings is 1. The van der Waals surface area contributed by atoms with Gasteiger partial charge in [0.25, 0.3) is 0 Å². The van der Waals surface area contributed by atoms with E-state index in [2.05, 4.69) is 10.0 Å². The minimum atomic E-state index is -3.62. The molecular formula is C15H20N2O3S. The third-order valence-electron chi connectivity index (χ3n) is 3.04. The summed E-state index contributed by atoms with van der Waals surface area (Å²) in [4.78, 5) is 0.247. The van der Waals surface area contributed by atoms with E-state index in [1.54, 1.807) is 37.3 Å². The SMILES string of the molecule is CCCNc1ccccc1S(=O)(=O)NC(C)c1ccco1. The van der Waals surface area contributed by atoms with Crippen molar-refractivity contribution in [1.82, 2.24) is 4.72 Å². The van der Waals surface area contributed by atoms with Gasteiger partial charge in [-0.1, -0.05) is 19.1 Å². The van der Waals surface area contributed by atoms with Crippen LogP contribution >= 0.6 is 0 Å². The molecule has 0 fully saturated rings. The van der Waals surface area contributed by atoms with Crippen LogP contribution in [0.2, 0.25) is 0 Å². The Hall–Kier alpha value is -1.79. The van der Waals surface area contributed by atoms with E-state index in [1.165, 1.54) is 6.26 Å². The van der Waals surface area contributed by atoms with Gasteiger partial charge < -0.3 is 9.73 Å². The van der Waals surface area contributed by atoms with Crippen molar-refractivity contribution >= 4 is 15.7 Å². The summed E-state index contributed by atoms with van der Waals surface area (Å²) in [6.07, 6.45) is 2.45. The van der Waals surface area contributed by atoms with Gasteiger partial charge in [0, 0.05) is 6.54 Å². The highest BCUT2D eigenvalue weighted by Crippen LogP contribution is 2.23. The highest BCUT2D eigenvalue weighted by Gasteiger charge is 2.22. The van der Waals surface area contributed by atoms with Gasteiger partial charge in [0.2, 0.25) is 10.0 Å². The Kier molecular flexibility index (Phi) is 5.03. The number of hydrogen-bond donors (Lipinski definition) is 2. The quantitative estimate of drug-likeness (QED) is 0.824. The fourth-order valence-corrected chi connectivity index (χ4v) is 3.39. The Balaban J connectivity index is 2.23. The first-order chi connectivity index (χ1) is 10.0. The summed E-state index contributed by atoms with van der Waals surface area (Å²) in [6.45, 7) is 4.50. The maximum atomic E-state index is 12.5. The predicted molar refractivity (Wildman–Crippen MR) is 82.7 cm³/mol. The Labute approximate surface area is 125 Å². The van der Waals surface area contributed by atoms with Crippen molar-refractivity contribution in [3.8, 4) is 0 Å². The van der Waals surface area contributed by atoms with E-state index >= 15 is 0 Å². The number of nitrogens with one attached hydrogen (secondary N) is 2. The number of rotatable bonds is 7. The van der Waals surface area contributed by atoms with Gasteiger partial charge in [0.1, 0.15) is 10.7 Å². The van der Waals surface area contributed by atoms with Crippen LogP contribution in [0.4, 0.5) is 5.69 Å². The third kappa shape index (κ3) is 3.86. The summed E-state index contributed by atoms with van der Waals surface area (Å²) >= 11 is 0. The fraction of sp³-hybridized carbons (Fsp3) is 0.333. The molecule has 5 nitrogen and oxygen atoms in total. The molecule has 1 aromatic carbocycles. The molecule has 114 valence electrons. The Morgan fingerprint density at radius 1 is 1.19 bits per heavy atom. The molecule has 0 aliphatic heterocycles. The van der Waals surface area contributed by atoms with Crippen LogP contribution in [0.25, 0.3) is 0 Å². The van der Waals surface area contributed by atoms with Crippen molar-refractivity contribution < 1.29 is 12.8 Å². The summed E-state index contributed by atoms with van der Waals surface area (Å²) in [5.74, 6) is 0.581. The molecule has 0 saturated heterocycles. The Morgan fingerprint density at radius 3 is 2.62 bits per heavy atom. The van der Waals surface area contributed by atoms with E-state index < -0.39 is 16.1 Å². The van der Waals surface area contributed by atoms with Gasteiger partial charge in [-0.3, -0.25) is 0 Å². The third-order valence-corrected chi connectivity index (χ3v) is 4.64. The van der Waals surface area contributed by atoms with Crippen LogP contribution in [-0.4, -0.2) is 15.0 Å². The molecule has 6 heteroatoms. The van der Waals surface area contributed by atoms with E-state index in [-0.39, 0.29) is 4.90 Å². The molecule has 21 heavy (non-hydrogen) atoms. The zero-order valence-corrected chi connectivity index (χ0v) is 13.0. The van der Waals surface area contributed by atoms with E-state index in [4.69, 9.17) is 4.42 Å². The molecule has 2 rings (SSSR count). The molecule has 1 aromatic heterocycles. The molecule has 0 spiro atoms. The van der Waals surface area contributed by atoms with Crippen LogP contribution in [-0.2, 0) is 10.0 Å². The van der Waals surface area contributed by atoms with Crippen molar-refractivity contribution in [2.75, 3.05) is 11.9 Å². The Bertz CT molecular complexity index is 666. The van der Waals surface area contributed by atoms with Crippen molar-refractivity contribution in [2.45, 2.75) is 31.2 Å². The average Bonchev–Trinajstić information content (AvgIpc) is 2.99. The smallest absolute Gasteiger partial charge is 0.243 e. The van der Waals surface area contributed by atoms with Crippen LogP contribution in [0.3, 0.4) is 0 Å². The first-order valence-corrected chi connectivity index (χ1v) is 8.41. The second kappa shape index (κ2) is 6.78. The van der Waals surface area contributed by atoms with Crippen LogP contribution in [0, 0.1) is 0 Å². The molecule has 0 aliphatic rings. The molecule has 0 aliphatic carbocycles. The molecule has 1 atom stereocenters. The average molecular weight is 308 g/mol. The van der Waals surface area contributed by atoms with E-state index in [1.807, 2.05) is 13.0 Å². The predicted octanol–water partition coefficient (Wildman–Crippen LogP) is 3.14. The molecule has 2 aromatic rings. The maximum absolute atomic E-state index is 12.5. The second-order valence-corrected chi connectivity index (χ2v) is 6.46. The number of para-hydroxylation sites is 1. The highest BCUT2D eigenvalue weighted by molar-refractivity contribution is 7.89. The highest BCUT2D eigenvalue weighted by atomic mass is 32.2. The molecule has 0 radical (unpaired) electrons. The molecule has 1 heterocycles. The van der Waals surface area contributed by atoms with Gasteiger partial charge >= 0.3 is 0 Å². The molecule has 2 N–H and O–H groups in total. The lowest BCUT2D eigenvalue weighted by Crippen LogP contribution is -2.27.